The normalized spacial score (nSPS) is 11.9. The van der Waals surface area contributed by atoms with E-state index in [9.17, 15) is 18.0 Å². The molecule has 9 heteroatoms. The number of carbonyl (C=O) groups excluding carboxylic acids is 1. The summed E-state index contributed by atoms with van der Waals surface area (Å²) in [7, 11) is -4.02. The number of nitrogens with one attached hydrogen (secondary N) is 2. The molecule has 0 fully saturated rings. The third kappa shape index (κ3) is 5.46. The SMILES string of the molecule is Cc1ccccc1NC(=O)CSc1ncc(S(=O)(=O)c2ccc(C(C)(C)C)cc2)c(=O)[nH]1. The Bertz CT molecular complexity index is 1290. The molecule has 0 aliphatic carbocycles. The van der Waals surface area contributed by atoms with Crippen LogP contribution in [0.15, 0.2) is 74.5 Å². The minimum absolute atomic E-state index is 0.0115. The van der Waals surface area contributed by atoms with Crippen molar-refractivity contribution in [2.45, 2.75) is 48.1 Å². The number of H-pyrrole nitrogens is 1. The lowest BCUT2D eigenvalue weighted by Gasteiger charge is -2.19. The molecule has 0 bridgehead atoms. The largest absolute Gasteiger partial charge is 0.325 e. The van der Waals surface area contributed by atoms with Crippen LogP contribution in [0.5, 0.6) is 0 Å². The Balaban J connectivity index is 1.72. The number of anilines is 1. The number of benzene rings is 2. The Morgan fingerprint density at radius 3 is 2.34 bits per heavy atom. The van der Waals surface area contributed by atoms with Crippen molar-refractivity contribution in [2.75, 3.05) is 11.1 Å². The average molecular weight is 472 g/mol. The third-order valence-corrected chi connectivity index (χ3v) is 7.47. The average Bonchev–Trinajstić information content (AvgIpc) is 2.73. The molecule has 3 aromatic rings. The van der Waals surface area contributed by atoms with Gasteiger partial charge in [0.2, 0.25) is 15.7 Å². The summed E-state index contributed by atoms with van der Waals surface area (Å²) in [6, 6.07) is 13.9. The van der Waals surface area contributed by atoms with E-state index in [1.807, 2.05) is 45.9 Å². The third-order valence-electron chi connectivity index (χ3n) is 4.82. The summed E-state index contributed by atoms with van der Waals surface area (Å²) in [6.45, 7) is 7.98. The first-order valence-electron chi connectivity index (χ1n) is 9.92. The lowest BCUT2D eigenvalue weighted by atomic mass is 9.87. The second kappa shape index (κ2) is 9.30. The molecule has 0 radical (unpaired) electrons. The van der Waals surface area contributed by atoms with Crippen LogP contribution in [0.1, 0.15) is 31.9 Å². The first-order chi connectivity index (χ1) is 15.0. The molecule has 168 valence electrons. The highest BCUT2D eigenvalue weighted by Crippen LogP contribution is 2.25. The van der Waals surface area contributed by atoms with Crippen LogP contribution < -0.4 is 10.9 Å². The molecule has 0 spiro atoms. The Morgan fingerprint density at radius 2 is 1.75 bits per heavy atom. The Kier molecular flexibility index (Phi) is 6.90. The van der Waals surface area contributed by atoms with Gasteiger partial charge in [-0.25, -0.2) is 13.4 Å². The molecular weight excluding hydrogens is 446 g/mol. The van der Waals surface area contributed by atoms with Gasteiger partial charge in [0.15, 0.2) is 10.1 Å². The van der Waals surface area contributed by atoms with Crippen molar-refractivity contribution in [3.05, 3.63) is 76.2 Å². The Labute approximate surface area is 191 Å². The zero-order valence-electron chi connectivity index (χ0n) is 18.3. The summed E-state index contributed by atoms with van der Waals surface area (Å²) >= 11 is 1.01. The van der Waals surface area contributed by atoms with Gasteiger partial charge in [0.1, 0.15) is 0 Å². The monoisotopic (exact) mass is 471 g/mol. The van der Waals surface area contributed by atoms with Gasteiger partial charge in [0.05, 0.1) is 16.8 Å². The highest BCUT2D eigenvalue weighted by atomic mass is 32.2. The number of aromatic nitrogens is 2. The lowest BCUT2D eigenvalue weighted by Crippen LogP contribution is -2.20. The van der Waals surface area contributed by atoms with E-state index in [4.69, 9.17) is 0 Å². The van der Waals surface area contributed by atoms with Crippen molar-refractivity contribution in [3.63, 3.8) is 0 Å². The van der Waals surface area contributed by atoms with Crippen molar-refractivity contribution in [2.24, 2.45) is 0 Å². The summed E-state index contributed by atoms with van der Waals surface area (Å²) in [4.78, 5) is 30.7. The van der Waals surface area contributed by atoms with E-state index < -0.39 is 20.3 Å². The number of thioether (sulfide) groups is 1. The van der Waals surface area contributed by atoms with Gasteiger partial charge in [-0.3, -0.25) is 9.59 Å². The quantitative estimate of drug-likeness (QED) is 0.416. The number of hydrogen-bond donors (Lipinski definition) is 2. The van der Waals surface area contributed by atoms with Gasteiger partial charge in [-0.05, 0) is 41.7 Å². The fourth-order valence-electron chi connectivity index (χ4n) is 2.93. The topological polar surface area (TPSA) is 109 Å². The number of amides is 1. The lowest BCUT2D eigenvalue weighted by molar-refractivity contribution is -0.113. The predicted octanol–water partition coefficient (Wildman–Crippen LogP) is 3.94. The number of rotatable bonds is 6. The van der Waals surface area contributed by atoms with Gasteiger partial charge in [-0.1, -0.05) is 62.9 Å². The Morgan fingerprint density at radius 1 is 1.09 bits per heavy atom. The summed E-state index contributed by atoms with van der Waals surface area (Å²) in [5.41, 5.74) is 1.73. The smallest absolute Gasteiger partial charge is 0.270 e. The highest BCUT2D eigenvalue weighted by Gasteiger charge is 2.23. The maximum absolute atomic E-state index is 12.9. The van der Waals surface area contributed by atoms with E-state index in [0.29, 0.717) is 5.69 Å². The van der Waals surface area contributed by atoms with Gasteiger partial charge in [0, 0.05) is 5.69 Å². The van der Waals surface area contributed by atoms with Gasteiger partial charge in [0.25, 0.3) is 5.56 Å². The second-order valence-electron chi connectivity index (χ2n) is 8.31. The molecule has 2 N–H and O–H groups in total. The van der Waals surface area contributed by atoms with E-state index in [1.54, 1.807) is 18.2 Å². The number of aryl methyl sites for hydroxylation is 1. The number of carbonyl (C=O) groups is 1. The van der Waals surface area contributed by atoms with E-state index in [-0.39, 0.29) is 27.1 Å². The van der Waals surface area contributed by atoms with Crippen molar-refractivity contribution in [3.8, 4) is 0 Å². The molecule has 0 unspecified atom stereocenters. The zero-order chi connectivity index (χ0) is 23.5. The molecule has 1 aromatic heterocycles. The predicted molar refractivity (Wildman–Crippen MR) is 126 cm³/mol. The van der Waals surface area contributed by atoms with Gasteiger partial charge >= 0.3 is 0 Å². The minimum atomic E-state index is -4.02. The van der Waals surface area contributed by atoms with Crippen molar-refractivity contribution < 1.29 is 13.2 Å². The van der Waals surface area contributed by atoms with Crippen LogP contribution in [0, 0.1) is 6.92 Å². The maximum atomic E-state index is 12.9. The maximum Gasteiger partial charge on any atom is 0.270 e. The summed E-state index contributed by atoms with van der Waals surface area (Å²) < 4.78 is 25.8. The van der Waals surface area contributed by atoms with Gasteiger partial charge < -0.3 is 10.3 Å². The second-order valence-corrected chi connectivity index (χ2v) is 11.2. The van der Waals surface area contributed by atoms with Crippen LogP contribution >= 0.6 is 11.8 Å². The molecule has 1 amide bonds. The van der Waals surface area contributed by atoms with Gasteiger partial charge in [-0.2, -0.15) is 0 Å². The molecule has 0 aliphatic rings. The standard InChI is InChI=1S/C23H25N3O4S2/c1-15-7-5-6-8-18(15)25-20(27)14-31-22-24-13-19(21(28)26-22)32(29,30)17-11-9-16(10-12-17)23(2,3)4/h5-13H,14H2,1-4H3,(H,25,27)(H,24,26,28). The van der Waals surface area contributed by atoms with E-state index >= 15 is 0 Å². The molecule has 0 saturated carbocycles. The summed E-state index contributed by atoms with van der Waals surface area (Å²) in [6.07, 6.45) is 1.04. The number of para-hydroxylation sites is 1. The molecule has 0 atom stereocenters. The first kappa shape index (κ1) is 23.7. The molecule has 1 heterocycles. The molecule has 32 heavy (non-hydrogen) atoms. The minimum Gasteiger partial charge on any atom is -0.325 e. The Hall–Kier alpha value is -2.91. The van der Waals surface area contributed by atoms with Crippen LogP contribution in [-0.2, 0) is 20.0 Å². The number of sulfone groups is 1. The molecule has 0 aliphatic heterocycles. The highest BCUT2D eigenvalue weighted by molar-refractivity contribution is 7.99. The van der Waals surface area contributed by atoms with Crippen molar-refractivity contribution in [1.82, 2.24) is 9.97 Å². The van der Waals surface area contributed by atoms with Crippen LogP contribution in [0.2, 0.25) is 0 Å². The molecule has 3 rings (SSSR count). The van der Waals surface area contributed by atoms with Crippen LogP contribution in [0.25, 0.3) is 0 Å². The van der Waals surface area contributed by atoms with E-state index in [1.165, 1.54) is 12.1 Å². The molecule has 7 nitrogen and oxygen atoms in total. The van der Waals surface area contributed by atoms with Gasteiger partial charge in [-0.15, -0.1) is 0 Å². The molecule has 2 aromatic carbocycles. The van der Waals surface area contributed by atoms with E-state index in [0.717, 1.165) is 29.1 Å². The summed E-state index contributed by atoms with van der Waals surface area (Å²) in [5, 5.41) is 2.96. The zero-order valence-corrected chi connectivity index (χ0v) is 19.9. The van der Waals surface area contributed by atoms with Crippen molar-refractivity contribution >= 4 is 33.2 Å². The number of aromatic amines is 1. The van der Waals surface area contributed by atoms with Crippen LogP contribution in [0.4, 0.5) is 5.69 Å². The number of nitrogens with zero attached hydrogens (tertiary/aromatic N) is 1. The molecule has 0 saturated heterocycles. The fraction of sp³-hybridized carbons (Fsp3) is 0.261. The number of hydrogen-bond acceptors (Lipinski definition) is 6. The summed E-state index contributed by atoms with van der Waals surface area (Å²) in [5.74, 6) is -0.250. The van der Waals surface area contributed by atoms with Crippen LogP contribution in [0.3, 0.4) is 0 Å². The fourth-order valence-corrected chi connectivity index (χ4v) is 4.79. The first-order valence-corrected chi connectivity index (χ1v) is 12.4. The van der Waals surface area contributed by atoms with Crippen LogP contribution in [-0.4, -0.2) is 30.0 Å². The molecular formula is C23H25N3O4S2. The van der Waals surface area contributed by atoms with Crippen molar-refractivity contribution in [1.29, 1.82) is 0 Å². The van der Waals surface area contributed by atoms with E-state index in [2.05, 4.69) is 15.3 Å².